The van der Waals surface area contributed by atoms with E-state index in [0.29, 0.717) is 5.56 Å². The summed E-state index contributed by atoms with van der Waals surface area (Å²) >= 11 is 0. The molecule has 0 saturated carbocycles. The second-order valence-electron chi connectivity index (χ2n) is 3.13. The Kier molecular flexibility index (Phi) is 1.85. The molecule has 1 aliphatic rings. The largest absolute Gasteiger partial charge is 0.586 e. The second-order valence-corrected chi connectivity index (χ2v) is 3.13. The van der Waals surface area contributed by atoms with Crippen LogP contribution in [0, 0.1) is 0 Å². The van der Waals surface area contributed by atoms with Gasteiger partial charge in [0.05, 0.1) is 0 Å². The van der Waals surface area contributed by atoms with Crippen molar-refractivity contribution in [1.82, 2.24) is 0 Å². The first-order chi connectivity index (χ1) is 6.49. The van der Waals surface area contributed by atoms with E-state index in [1.807, 2.05) is 0 Å². The molecule has 0 amide bonds. The molecule has 2 rings (SSSR count). The Hall–Kier alpha value is -1.36. The number of fused-ring (bicyclic) bond motifs is 1. The van der Waals surface area contributed by atoms with Crippen molar-refractivity contribution < 1.29 is 18.3 Å². The van der Waals surface area contributed by atoms with Crippen LogP contribution in [0.3, 0.4) is 0 Å². The summed E-state index contributed by atoms with van der Waals surface area (Å²) in [5.41, 5.74) is 6.11. The van der Waals surface area contributed by atoms with Gasteiger partial charge in [-0.3, -0.25) is 0 Å². The third-order valence-electron chi connectivity index (χ3n) is 1.95. The van der Waals surface area contributed by atoms with E-state index in [9.17, 15) is 8.78 Å². The number of alkyl halides is 2. The van der Waals surface area contributed by atoms with Crippen molar-refractivity contribution >= 4 is 0 Å². The zero-order valence-corrected chi connectivity index (χ0v) is 7.46. The maximum Gasteiger partial charge on any atom is 0.586 e. The van der Waals surface area contributed by atoms with Crippen LogP contribution in [0.25, 0.3) is 0 Å². The van der Waals surface area contributed by atoms with E-state index in [-0.39, 0.29) is 17.5 Å². The molecule has 1 atom stereocenters. The molecule has 14 heavy (non-hydrogen) atoms. The number of ether oxygens (including phenoxy) is 2. The summed E-state index contributed by atoms with van der Waals surface area (Å²) < 4.78 is 34.0. The summed E-state index contributed by atoms with van der Waals surface area (Å²) in [5, 5.41) is 0. The molecule has 1 heterocycles. The number of rotatable bonds is 1. The number of para-hydroxylation sites is 1. The number of nitrogens with two attached hydrogens (primary N) is 1. The van der Waals surface area contributed by atoms with Crippen LogP contribution in [0.2, 0.25) is 0 Å². The molecule has 5 heteroatoms. The van der Waals surface area contributed by atoms with Crippen molar-refractivity contribution in [2.24, 2.45) is 5.73 Å². The van der Waals surface area contributed by atoms with Gasteiger partial charge in [-0.15, -0.1) is 8.78 Å². The van der Waals surface area contributed by atoms with E-state index in [1.54, 1.807) is 19.1 Å². The zero-order valence-electron chi connectivity index (χ0n) is 7.46. The number of halogens is 2. The molecule has 0 spiro atoms. The van der Waals surface area contributed by atoms with Crippen LogP contribution >= 0.6 is 0 Å². The Bertz CT molecular complexity index is 366. The lowest BCUT2D eigenvalue weighted by Crippen LogP contribution is -2.26. The predicted molar refractivity (Wildman–Crippen MR) is 45.2 cm³/mol. The van der Waals surface area contributed by atoms with Gasteiger partial charge >= 0.3 is 6.29 Å². The molecule has 0 fully saturated rings. The monoisotopic (exact) mass is 201 g/mol. The molecular weight excluding hydrogens is 192 g/mol. The van der Waals surface area contributed by atoms with Crippen molar-refractivity contribution in [3.05, 3.63) is 23.8 Å². The first-order valence-corrected chi connectivity index (χ1v) is 4.14. The predicted octanol–water partition coefficient (Wildman–Crippen LogP) is 2.03. The topological polar surface area (TPSA) is 44.5 Å². The number of hydrogen-bond acceptors (Lipinski definition) is 3. The molecule has 3 nitrogen and oxygen atoms in total. The van der Waals surface area contributed by atoms with Gasteiger partial charge in [0.2, 0.25) is 0 Å². The molecule has 0 bridgehead atoms. The highest BCUT2D eigenvalue weighted by Crippen LogP contribution is 2.44. The Morgan fingerprint density at radius 1 is 1.36 bits per heavy atom. The minimum absolute atomic E-state index is 0.0322. The summed E-state index contributed by atoms with van der Waals surface area (Å²) in [6, 6.07) is 4.28. The summed E-state index contributed by atoms with van der Waals surface area (Å²) in [6.07, 6.45) is -3.58. The van der Waals surface area contributed by atoms with Gasteiger partial charge in [0.1, 0.15) is 0 Å². The SMILES string of the molecule is C[C@@H](N)c1cccc2c1OC(F)(F)O2. The first kappa shape index (κ1) is 9.21. The Morgan fingerprint density at radius 3 is 2.71 bits per heavy atom. The molecule has 0 aliphatic carbocycles. The van der Waals surface area contributed by atoms with Crippen molar-refractivity contribution in [2.45, 2.75) is 19.3 Å². The Labute approximate surface area is 79.4 Å². The maximum absolute atomic E-state index is 12.7. The van der Waals surface area contributed by atoms with Gasteiger partial charge in [-0.05, 0) is 13.0 Å². The smallest absolute Gasteiger partial charge is 0.395 e. The Balaban J connectivity index is 2.46. The number of benzene rings is 1. The first-order valence-electron chi connectivity index (χ1n) is 4.14. The summed E-state index contributed by atoms with van der Waals surface area (Å²) in [7, 11) is 0. The third kappa shape index (κ3) is 1.39. The van der Waals surface area contributed by atoms with Crippen molar-refractivity contribution in [1.29, 1.82) is 0 Å². The highest BCUT2D eigenvalue weighted by molar-refractivity contribution is 5.49. The lowest BCUT2D eigenvalue weighted by Gasteiger charge is -2.09. The summed E-state index contributed by atoms with van der Waals surface area (Å²) in [4.78, 5) is 0. The van der Waals surface area contributed by atoms with Crippen molar-refractivity contribution in [3.8, 4) is 11.5 Å². The highest BCUT2D eigenvalue weighted by Gasteiger charge is 2.44. The van der Waals surface area contributed by atoms with Gasteiger partial charge in [-0.2, -0.15) is 0 Å². The van der Waals surface area contributed by atoms with E-state index in [4.69, 9.17) is 5.73 Å². The van der Waals surface area contributed by atoms with Crippen molar-refractivity contribution in [2.75, 3.05) is 0 Å². The van der Waals surface area contributed by atoms with Gasteiger partial charge in [0, 0.05) is 11.6 Å². The number of hydrogen-bond donors (Lipinski definition) is 1. The van der Waals surface area contributed by atoms with Crippen LogP contribution in [-0.4, -0.2) is 6.29 Å². The molecule has 1 aliphatic heterocycles. The quantitative estimate of drug-likeness (QED) is 0.756. The average Bonchev–Trinajstić information content (AvgIpc) is 2.36. The lowest BCUT2D eigenvalue weighted by atomic mass is 10.1. The van der Waals surface area contributed by atoms with Crippen LogP contribution in [0.4, 0.5) is 8.78 Å². The fraction of sp³-hybridized carbons (Fsp3) is 0.333. The summed E-state index contributed by atoms with van der Waals surface area (Å²) in [6.45, 7) is 1.69. The standard InChI is InChI=1S/C9H9F2NO2/c1-5(12)6-3-2-4-7-8(6)14-9(10,11)13-7/h2-5H,12H2,1H3/t5-/m1/s1. The van der Waals surface area contributed by atoms with Crippen LogP contribution in [0.5, 0.6) is 11.5 Å². The highest BCUT2D eigenvalue weighted by atomic mass is 19.3. The van der Waals surface area contributed by atoms with Gasteiger partial charge in [0.25, 0.3) is 0 Å². The van der Waals surface area contributed by atoms with Crippen molar-refractivity contribution in [3.63, 3.8) is 0 Å². The van der Waals surface area contributed by atoms with Gasteiger partial charge < -0.3 is 15.2 Å². The lowest BCUT2D eigenvalue weighted by molar-refractivity contribution is -0.287. The van der Waals surface area contributed by atoms with Crippen LogP contribution < -0.4 is 15.2 Å². The zero-order chi connectivity index (χ0) is 10.3. The van der Waals surface area contributed by atoms with E-state index in [2.05, 4.69) is 9.47 Å². The average molecular weight is 201 g/mol. The Morgan fingerprint density at radius 2 is 2.07 bits per heavy atom. The van der Waals surface area contributed by atoms with Crippen LogP contribution in [0.1, 0.15) is 18.5 Å². The van der Waals surface area contributed by atoms with Crippen LogP contribution in [-0.2, 0) is 0 Å². The van der Waals surface area contributed by atoms with E-state index in [1.165, 1.54) is 6.07 Å². The molecule has 1 aromatic rings. The summed E-state index contributed by atoms with van der Waals surface area (Å²) in [5.74, 6) is 0.0669. The second kappa shape index (κ2) is 2.81. The molecule has 2 N–H and O–H groups in total. The molecule has 76 valence electrons. The fourth-order valence-electron chi connectivity index (χ4n) is 1.35. The van der Waals surface area contributed by atoms with E-state index in [0.717, 1.165) is 0 Å². The minimum Gasteiger partial charge on any atom is -0.395 e. The fourth-order valence-corrected chi connectivity index (χ4v) is 1.35. The molecule has 1 aromatic carbocycles. The van der Waals surface area contributed by atoms with E-state index < -0.39 is 6.29 Å². The molecule has 0 saturated heterocycles. The van der Waals surface area contributed by atoms with Gasteiger partial charge in [-0.25, -0.2) is 0 Å². The third-order valence-corrected chi connectivity index (χ3v) is 1.95. The molecular formula is C9H9F2NO2. The maximum atomic E-state index is 12.7. The normalized spacial score (nSPS) is 19.4. The molecule has 0 unspecified atom stereocenters. The molecule has 0 radical (unpaired) electrons. The van der Waals surface area contributed by atoms with Gasteiger partial charge in [-0.1, -0.05) is 12.1 Å². The van der Waals surface area contributed by atoms with Crippen LogP contribution in [0.15, 0.2) is 18.2 Å². The minimum atomic E-state index is -3.58. The van der Waals surface area contributed by atoms with E-state index >= 15 is 0 Å². The van der Waals surface area contributed by atoms with Gasteiger partial charge in [0.15, 0.2) is 11.5 Å². The molecule has 0 aromatic heterocycles.